The third-order valence-corrected chi connectivity index (χ3v) is 4.33. The molecule has 0 radical (unpaired) electrons. The topological polar surface area (TPSA) is 81.4 Å². The summed E-state index contributed by atoms with van der Waals surface area (Å²) < 4.78 is 10.9. The van der Waals surface area contributed by atoms with Crippen molar-refractivity contribution in [2.45, 2.75) is 6.92 Å². The summed E-state index contributed by atoms with van der Waals surface area (Å²) in [6, 6.07) is 21.0. The van der Waals surface area contributed by atoms with Gasteiger partial charge in [0.05, 0.1) is 23.1 Å². The third-order valence-electron chi connectivity index (χ3n) is 4.33. The highest BCUT2D eigenvalue weighted by atomic mass is 16.5. The Labute approximate surface area is 166 Å². The third kappa shape index (κ3) is 3.87. The molecule has 1 N–H and O–H groups in total. The molecule has 4 aromatic rings. The summed E-state index contributed by atoms with van der Waals surface area (Å²) >= 11 is 0. The van der Waals surface area contributed by atoms with E-state index in [9.17, 15) is 9.59 Å². The number of fused-ring (bicyclic) bond motifs is 1. The van der Waals surface area contributed by atoms with Crippen LogP contribution in [0.3, 0.4) is 0 Å². The number of nitrogens with one attached hydrogen (secondary N) is 1. The van der Waals surface area contributed by atoms with Gasteiger partial charge in [-0.3, -0.25) is 4.79 Å². The van der Waals surface area contributed by atoms with Crippen LogP contribution in [-0.4, -0.2) is 17.5 Å². The van der Waals surface area contributed by atoms with Gasteiger partial charge in [-0.25, -0.2) is 9.78 Å². The van der Waals surface area contributed by atoms with Crippen molar-refractivity contribution in [3.05, 3.63) is 88.8 Å². The van der Waals surface area contributed by atoms with Crippen LogP contribution in [0.1, 0.15) is 17.3 Å². The van der Waals surface area contributed by atoms with E-state index >= 15 is 0 Å². The molecule has 0 saturated heterocycles. The summed E-state index contributed by atoms with van der Waals surface area (Å²) in [6.07, 6.45) is 0. The van der Waals surface area contributed by atoms with Crippen LogP contribution < -0.4 is 15.7 Å². The number of ether oxygens (including phenoxy) is 1. The summed E-state index contributed by atoms with van der Waals surface area (Å²) in [6.45, 7) is 2.33. The molecule has 0 aliphatic carbocycles. The maximum Gasteiger partial charge on any atom is 0.347 e. The van der Waals surface area contributed by atoms with Gasteiger partial charge in [-0.2, -0.15) is 0 Å². The van der Waals surface area contributed by atoms with E-state index in [4.69, 9.17) is 9.15 Å². The Balaban J connectivity index is 1.65. The van der Waals surface area contributed by atoms with Crippen molar-refractivity contribution in [1.82, 2.24) is 4.98 Å². The van der Waals surface area contributed by atoms with Gasteiger partial charge in [-0.05, 0) is 49.4 Å². The fourth-order valence-corrected chi connectivity index (χ4v) is 3.01. The molecular weight excluding hydrogens is 368 g/mol. The predicted octanol–water partition coefficient (Wildman–Crippen LogP) is 4.51. The second-order valence-corrected chi connectivity index (χ2v) is 6.29. The summed E-state index contributed by atoms with van der Waals surface area (Å²) in [4.78, 5) is 29.4. The first-order valence-electron chi connectivity index (χ1n) is 9.19. The quantitative estimate of drug-likeness (QED) is 0.546. The normalized spacial score (nSPS) is 10.7. The van der Waals surface area contributed by atoms with Crippen LogP contribution in [0, 0.1) is 0 Å². The zero-order valence-electron chi connectivity index (χ0n) is 15.7. The molecule has 0 fully saturated rings. The van der Waals surface area contributed by atoms with E-state index in [0.717, 1.165) is 0 Å². The lowest BCUT2D eigenvalue weighted by Crippen LogP contribution is -2.13. The Morgan fingerprint density at radius 1 is 1.03 bits per heavy atom. The van der Waals surface area contributed by atoms with Crippen LogP contribution in [0.2, 0.25) is 0 Å². The monoisotopic (exact) mass is 386 g/mol. The lowest BCUT2D eigenvalue weighted by Gasteiger charge is -2.11. The van der Waals surface area contributed by atoms with Gasteiger partial charge in [0.1, 0.15) is 5.75 Å². The Kier molecular flexibility index (Phi) is 5.07. The maximum atomic E-state index is 12.7. The van der Waals surface area contributed by atoms with Crippen molar-refractivity contribution in [3.63, 3.8) is 0 Å². The first-order chi connectivity index (χ1) is 14.2. The van der Waals surface area contributed by atoms with Gasteiger partial charge in [0.2, 0.25) is 5.89 Å². The number of carbonyl (C=O) groups excluding carboxylic acids is 1. The summed E-state index contributed by atoms with van der Waals surface area (Å²) in [5.41, 5.74) is 1.68. The minimum Gasteiger partial charge on any atom is -0.493 e. The van der Waals surface area contributed by atoms with E-state index in [1.54, 1.807) is 60.7 Å². The molecule has 1 amide bonds. The molecule has 0 unspecified atom stereocenters. The first-order valence-corrected chi connectivity index (χ1v) is 9.19. The predicted molar refractivity (Wildman–Crippen MR) is 111 cm³/mol. The minimum atomic E-state index is -0.453. The van der Waals surface area contributed by atoms with Gasteiger partial charge < -0.3 is 14.5 Å². The highest BCUT2D eigenvalue weighted by molar-refractivity contribution is 6.06. The molecule has 6 heteroatoms. The smallest absolute Gasteiger partial charge is 0.347 e. The Hall–Kier alpha value is -3.93. The summed E-state index contributed by atoms with van der Waals surface area (Å²) in [7, 11) is 0. The number of anilines is 1. The van der Waals surface area contributed by atoms with Crippen molar-refractivity contribution in [2.24, 2.45) is 0 Å². The number of hydrogen-bond acceptors (Lipinski definition) is 5. The number of benzene rings is 3. The fraction of sp³-hybridized carbons (Fsp3) is 0.0870. The van der Waals surface area contributed by atoms with Gasteiger partial charge in [0.15, 0.2) is 0 Å². The molecule has 0 spiro atoms. The fourth-order valence-electron chi connectivity index (χ4n) is 3.01. The number of rotatable bonds is 5. The van der Waals surface area contributed by atoms with E-state index in [1.165, 1.54) is 0 Å². The van der Waals surface area contributed by atoms with Crippen molar-refractivity contribution in [1.29, 1.82) is 0 Å². The molecular formula is C23H18N2O4. The van der Waals surface area contributed by atoms with Crippen LogP contribution in [0.4, 0.5) is 5.69 Å². The zero-order chi connectivity index (χ0) is 20.2. The lowest BCUT2D eigenvalue weighted by atomic mass is 10.1. The first kappa shape index (κ1) is 18.4. The number of hydrogen-bond donors (Lipinski definition) is 1. The van der Waals surface area contributed by atoms with Gasteiger partial charge >= 0.3 is 5.63 Å². The van der Waals surface area contributed by atoms with Crippen molar-refractivity contribution < 1.29 is 13.9 Å². The standard InChI is InChI=1S/C23H18N2O4/c1-2-28-20-13-6-4-11-18(20)21(26)24-16-9-7-8-15(14-16)22-25-19-12-5-3-10-17(19)23(27)29-22/h3-14H,2H2,1H3,(H,24,26). The van der Waals surface area contributed by atoms with Crippen LogP contribution in [0.25, 0.3) is 22.4 Å². The highest BCUT2D eigenvalue weighted by Crippen LogP contribution is 2.24. The van der Waals surface area contributed by atoms with Crippen molar-refractivity contribution in [3.8, 4) is 17.2 Å². The molecule has 144 valence electrons. The van der Waals surface area contributed by atoms with Crippen LogP contribution in [0.5, 0.6) is 5.75 Å². The SMILES string of the molecule is CCOc1ccccc1C(=O)Nc1cccc(-c2nc3ccccc3c(=O)o2)c1. The largest absolute Gasteiger partial charge is 0.493 e. The minimum absolute atomic E-state index is 0.194. The molecule has 0 atom stereocenters. The molecule has 0 saturated carbocycles. The molecule has 3 aromatic carbocycles. The lowest BCUT2D eigenvalue weighted by molar-refractivity contribution is 0.102. The highest BCUT2D eigenvalue weighted by Gasteiger charge is 2.13. The van der Waals surface area contributed by atoms with E-state index in [1.807, 2.05) is 19.1 Å². The number of nitrogens with zero attached hydrogens (tertiary/aromatic N) is 1. The van der Waals surface area contributed by atoms with E-state index in [-0.39, 0.29) is 11.8 Å². The van der Waals surface area contributed by atoms with Crippen LogP contribution in [-0.2, 0) is 0 Å². The average Bonchev–Trinajstić information content (AvgIpc) is 2.74. The molecule has 4 rings (SSSR count). The Bertz CT molecular complexity index is 1250. The second kappa shape index (κ2) is 7.98. The molecule has 0 bridgehead atoms. The molecule has 1 aromatic heterocycles. The number of carbonyl (C=O) groups is 1. The van der Waals surface area contributed by atoms with Gasteiger partial charge in [0.25, 0.3) is 5.91 Å². The maximum absolute atomic E-state index is 12.7. The van der Waals surface area contributed by atoms with E-state index < -0.39 is 5.63 Å². The number of para-hydroxylation sites is 2. The van der Waals surface area contributed by atoms with Gasteiger partial charge in [-0.1, -0.05) is 30.3 Å². The molecule has 1 heterocycles. The number of amides is 1. The van der Waals surface area contributed by atoms with E-state index in [0.29, 0.717) is 40.1 Å². The molecule has 29 heavy (non-hydrogen) atoms. The molecule has 0 aliphatic rings. The van der Waals surface area contributed by atoms with Crippen LogP contribution in [0.15, 0.2) is 82.0 Å². The summed E-state index contributed by atoms with van der Waals surface area (Å²) in [5.74, 6) is 0.421. The number of aromatic nitrogens is 1. The van der Waals surface area contributed by atoms with Crippen molar-refractivity contribution in [2.75, 3.05) is 11.9 Å². The molecule has 6 nitrogen and oxygen atoms in total. The average molecular weight is 386 g/mol. The summed E-state index contributed by atoms with van der Waals surface area (Å²) in [5, 5.41) is 3.28. The van der Waals surface area contributed by atoms with Gasteiger partial charge in [0, 0.05) is 11.3 Å². The van der Waals surface area contributed by atoms with Gasteiger partial charge in [-0.15, -0.1) is 0 Å². The van der Waals surface area contributed by atoms with Crippen LogP contribution >= 0.6 is 0 Å². The zero-order valence-corrected chi connectivity index (χ0v) is 15.7. The molecule has 0 aliphatic heterocycles. The van der Waals surface area contributed by atoms with E-state index in [2.05, 4.69) is 10.3 Å². The van der Waals surface area contributed by atoms with Crippen molar-refractivity contribution >= 4 is 22.5 Å². The second-order valence-electron chi connectivity index (χ2n) is 6.29. The Morgan fingerprint density at radius 3 is 2.69 bits per heavy atom. The Morgan fingerprint density at radius 2 is 1.83 bits per heavy atom.